The van der Waals surface area contributed by atoms with E-state index >= 15 is 0 Å². The molecule has 0 radical (unpaired) electrons. The first-order valence-electron chi connectivity index (χ1n) is 18.5. The van der Waals surface area contributed by atoms with Crippen LogP contribution in [-0.2, 0) is 0 Å². The standard InChI is InChI=1S/C52H33NO/c1-3-12-34(13-4-1)36-22-24-37(25-23-36)41-30-40(35-14-5-2-6-15-35)31-42(32-41)53-48-28-26-38-16-7-8-17-43(38)51(48)46-20-11-19-44(52(46)53)39-27-29-50-47(33-39)45-18-9-10-21-49(45)54-50/h1-33H. The van der Waals surface area contributed by atoms with E-state index in [1.54, 1.807) is 0 Å². The van der Waals surface area contributed by atoms with Crippen molar-refractivity contribution in [1.29, 1.82) is 0 Å². The third-order valence-electron chi connectivity index (χ3n) is 11.0. The molecule has 0 spiro atoms. The zero-order valence-electron chi connectivity index (χ0n) is 29.4. The second-order valence-corrected chi connectivity index (χ2v) is 14.1. The van der Waals surface area contributed by atoms with Gasteiger partial charge in [0.25, 0.3) is 0 Å². The van der Waals surface area contributed by atoms with E-state index in [0.717, 1.165) is 33.2 Å². The molecule has 2 heterocycles. The monoisotopic (exact) mass is 687 g/mol. The summed E-state index contributed by atoms with van der Waals surface area (Å²) < 4.78 is 8.76. The van der Waals surface area contributed by atoms with E-state index in [4.69, 9.17) is 4.42 Å². The minimum atomic E-state index is 0.900. The molecule has 11 aromatic rings. The Kier molecular flexibility index (Phi) is 6.90. The van der Waals surface area contributed by atoms with Crippen LogP contribution in [0.2, 0.25) is 0 Å². The fraction of sp³-hybridized carbons (Fsp3) is 0. The number of fused-ring (bicyclic) bond motifs is 8. The van der Waals surface area contributed by atoms with Gasteiger partial charge in [0, 0.05) is 32.8 Å². The number of benzene rings is 9. The Hall–Kier alpha value is -7.16. The van der Waals surface area contributed by atoms with Crippen LogP contribution in [0.25, 0.3) is 105 Å². The summed E-state index contributed by atoms with van der Waals surface area (Å²) in [6.07, 6.45) is 0. The van der Waals surface area contributed by atoms with Crippen LogP contribution in [0, 0.1) is 0 Å². The highest BCUT2D eigenvalue weighted by atomic mass is 16.3. The smallest absolute Gasteiger partial charge is 0.135 e. The van der Waals surface area contributed by atoms with Crippen molar-refractivity contribution in [3.05, 3.63) is 200 Å². The molecule has 9 aromatic carbocycles. The van der Waals surface area contributed by atoms with E-state index in [0.29, 0.717) is 0 Å². The molecule has 0 saturated carbocycles. The lowest BCUT2D eigenvalue weighted by Crippen LogP contribution is -1.97. The van der Waals surface area contributed by atoms with Gasteiger partial charge >= 0.3 is 0 Å². The fourth-order valence-corrected chi connectivity index (χ4v) is 8.42. The lowest BCUT2D eigenvalue weighted by Gasteiger charge is -2.16. The van der Waals surface area contributed by atoms with Gasteiger partial charge in [0.05, 0.1) is 11.0 Å². The van der Waals surface area contributed by atoms with Crippen LogP contribution in [0.1, 0.15) is 0 Å². The minimum absolute atomic E-state index is 0.900. The van der Waals surface area contributed by atoms with Gasteiger partial charge in [-0.15, -0.1) is 0 Å². The summed E-state index contributed by atoms with van der Waals surface area (Å²) in [5, 5.41) is 7.24. The van der Waals surface area contributed by atoms with E-state index in [2.05, 4.69) is 193 Å². The molecule has 0 bridgehead atoms. The number of rotatable bonds is 5. The Balaban J connectivity index is 1.21. The highest BCUT2D eigenvalue weighted by Gasteiger charge is 2.20. The molecule has 0 aliphatic rings. The van der Waals surface area contributed by atoms with Crippen molar-refractivity contribution in [3.8, 4) is 50.2 Å². The number of hydrogen-bond donors (Lipinski definition) is 0. The van der Waals surface area contributed by atoms with Crippen molar-refractivity contribution in [2.24, 2.45) is 0 Å². The van der Waals surface area contributed by atoms with Gasteiger partial charge in [0.2, 0.25) is 0 Å². The second kappa shape index (κ2) is 12.2. The molecule has 0 N–H and O–H groups in total. The molecule has 11 rings (SSSR count). The summed E-state index contributed by atoms with van der Waals surface area (Å²) in [6, 6.07) is 72.4. The van der Waals surface area contributed by atoms with E-state index in [-0.39, 0.29) is 0 Å². The summed E-state index contributed by atoms with van der Waals surface area (Å²) in [5.74, 6) is 0. The van der Waals surface area contributed by atoms with Crippen molar-refractivity contribution in [3.63, 3.8) is 0 Å². The first-order chi connectivity index (χ1) is 26.8. The number of para-hydroxylation sites is 2. The molecule has 252 valence electrons. The molecule has 0 atom stereocenters. The van der Waals surface area contributed by atoms with Gasteiger partial charge in [0.1, 0.15) is 11.2 Å². The lowest BCUT2D eigenvalue weighted by molar-refractivity contribution is 0.669. The lowest BCUT2D eigenvalue weighted by atomic mass is 9.96. The maximum atomic E-state index is 6.26. The first kappa shape index (κ1) is 30.5. The van der Waals surface area contributed by atoms with Crippen molar-refractivity contribution < 1.29 is 4.42 Å². The number of nitrogens with zero attached hydrogens (tertiary/aromatic N) is 1. The van der Waals surface area contributed by atoms with Gasteiger partial charge in [-0.1, -0.05) is 158 Å². The van der Waals surface area contributed by atoms with Gasteiger partial charge in [-0.05, 0) is 92.2 Å². The molecule has 0 aliphatic heterocycles. The molecular weight excluding hydrogens is 655 g/mol. The largest absolute Gasteiger partial charge is 0.456 e. The third-order valence-corrected chi connectivity index (χ3v) is 11.0. The summed E-state index contributed by atoms with van der Waals surface area (Å²) in [7, 11) is 0. The third kappa shape index (κ3) is 4.88. The molecule has 0 fully saturated rings. The van der Waals surface area contributed by atoms with Gasteiger partial charge in [0.15, 0.2) is 0 Å². The predicted octanol–water partition coefficient (Wildman–Crippen LogP) is 14.5. The van der Waals surface area contributed by atoms with Crippen molar-refractivity contribution in [2.45, 2.75) is 0 Å². The van der Waals surface area contributed by atoms with Gasteiger partial charge in [-0.25, -0.2) is 0 Å². The van der Waals surface area contributed by atoms with Crippen LogP contribution >= 0.6 is 0 Å². The fourth-order valence-electron chi connectivity index (χ4n) is 8.42. The molecule has 2 nitrogen and oxygen atoms in total. The Labute approximate surface area is 312 Å². The van der Waals surface area contributed by atoms with E-state index in [1.807, 2.05) is 12.1 Å². The molecule has 0 aliphatic carbocycles. The Morgan fingerprint density at radius 3 is 1.67 bits per heavy atom. The molecule has 54 heavy (non-hydrogen) atoms. The zero-order valence-corrected chi connectivity index (χ0v) is 29.4. The average Bonchev–Trinajstić information content (AvgIpc) is 3.80. The molecular formula is C52H33NO. The molecule has 0 unspecified atom stereocenters. The Morgan fingerprint density at radius 1 is 0.333 bits per heavy atom. The zero-order chi connectivity index (χ0) is 35.6. The quantitative estimate of drug-likeness (QED) is 0.176. The summed E-state index contributed by atoms with van der Waals surface area (Å²) >= 11 is 0. The highest BCUT2D eigenvalue weighted by Crippen LogP contribution is 2.43. The normalized spacial score (nSPS) is 11.7. The highest BCUT2D eigenvalue weighted by molar-refractivity contribution is 6.23. The van der Waals surface area contributed by atoms with Crippen molar-refractivity contribution in [1.82, 2.24) is 4.57 Å². The van der Waals surface area contributed by atoms with Crippen molar-refractivity contribution in [2.75, 3.05) is 0 Å². The van der Waals surface area contributed by atoms with Crippen LogP contribution in [0.5, 0.6) is 0 Å². The van der Waals surface area contributed by atoms with E-state index < -0.39 is 0 Å². The maximum absolute atomic E-state index is 6.26. The number of aromatic nitrogens is 1. The minimum Gasteiger partial charge on any atom is -0.456 e. The second-order valence-electron chi connectivity index (χ2n) is 14.1. The molecule has 2 heteroatoms. The van der Waals surface area contributed by atoms with Crippen LogP contribution in [0.3, 0.4) is 0 Å². The summed E-state index contributed by atoms with van der Waals surface area (Å²) in [4.78, 5) is 0. The Morgan fingerprint density at radius 2 is 0.907 bits per heavy atom. The SMILES string of the molecule is c1ccc(-c2ccc(-c3cc(-c4ccccc4)cc(-n4c5ccc6ccccc6c5c5cccc(-c6ccc7oc8ccccc8c7c6)c54)c3)cc2)cc1. The van der Waals surface area contributed by atoms with E-state index in [9.17, 15) is 0 Å². The van der Waals surface area contributed by atoms with Crippen molar-refractivity contribution >= 4 is 54.5 Å². The van der Waals surface area contributed by atoms with Crippen LogP contribution < -0.4 is 0 Å². The number of hydrogen-bond acceptors (Lipinski definition) is 1. The van der Waals surface area contributed by atoms with Crippen LogP contribution in [0.15, 0.2) is 205 Å². The Bertz CT molecular complexity index is 3190. The van der Waals surface area contributed by atoms with Gasteiger partial charge in [-0.2, -0.15) is 0 Å². The predicted molar refractivity (Wildman–Crippen MR) is 227 cm³/mol. The molecule has 2 aromatic heterocycles. The first-order valence-corrected chi connectivity index (χ1v) is 18.5. The summed E-state index contributed by atoms with van der Waals surface area (Å²) in [6.45, 7) is 0. The average molecular weight is 688 g/mol. The molecule has 0 amide bonds. The van der Waals surface area contributed by atoms with Gasteiger partial charge < -0.3 is 8.98 Å². The van der Waals surface area contributed by atoms with Crippen LogP contribution in [0.4, 0.5) is 0 Å². The van der Waals surface area contributed by atoms with Gasteiger partial charge in [-0.3, -0.25) is 0 Å². The van der Waals surface area contributed by atoms with E-state index in [1.165, 1.54) is 71.5 Å². The van der Waals surface area contributed by atoms with Crippen LogP contribution in [-0.4, -0.2) is 4.57 Å². The topological polar surface area (TPSA) is 18.1 Å². The maximum Gasteiger partial charge on any atom is 0.135 e. The summed E-state index contributed by atoms with van der Waals surface area (Å²) in [5.41, 5.74) is 14.8. The number of furan rings is 1. The molecule has 0 saturated heterocycles.